The van der Waals surface area contributed by atoms with Gasteiger partial charge >= 0.3 is 0 Å². The molecule has 0 spiro atoms. The van der Waals surface area contributed by atoms with E-state index in [1.165, 1.54) is 30.5 Å². The lowest BCUT2D eigenvalue weighted by atomic mass is 9.48. The fourth-order valence-electron chi connectivity index (χ4n) is 6.50. The molecule has 3 heteroatoms. The van der Waals surface area contributed by atoms with Crippen LogP contribution in [0.4, 0.5) is 0 Å². The molecule has 0 saturated heterocycles. The van der Waals surface area contributed by atoms with Gasteiger partial charge in [0.05, 0.1) is 6.10 Å². The Morgan fingerprint density at radius 2 is 2.00 bits per heavy atom. The zero-order valence-corrected chi connectivity index (χ0v) is 15.5. The van der Waals surface area contributed by atoms with Gasteiger partial charge < -0.3 is 15.7 Å². The molecule has 0 aromatic rings. The van der Waals surface area contributed by atoms with Gasteiger partial charge in [-0.2, -0.15) is 0 Å². The van der Waals surface area contributed by atoms with Crippen LogP contribution in [0.15, 0.2) is 35.6 Å². The fourth-order valence-corrected chi connectivity index (χ4v) is 6.50. The third-order valence-corrected chi connectivity index (χ3v) is 7.87. The van der Waals surface area contributed by atoms with E-state index in [0.29, 0.717) is 29.2 Å². The molecule has 3 nitrogen and oxygen atoms in total. The van der Waals surface area contributed by atoms with E-state index in [9.17, 15) is 5.11 Å². The van der Waals surface area contributed by atoms with Gasteiger partial charge in [-0.1, -0.05) is 43.7 Å². The fraction of sp³-hybridized carbons (Fsp3) is 0.714. The summed E-state index contributed by atoms with van der Waals surface area (Å²) in [7, 11) is 4.18. The first-order valence-electron chi connectivity index (χ1n) is 9.58. The molecule has 4 aliphatic rings. The maximum absolute atomic E-state index is 10.1. The third-order valence-electron chi connectivity index (χ3n) is 7.87. The molecular weight excluding hydrogens is 296 g/mol. The predicted molar refractivity (Wildman–Crippen MR) is 98.4 cm³/mol. The highest BCUT2D eigenvalue weighted by Crippen LogP contribution is 2.63. The van der Waals surface area contributed by atoms with E-state index in [1.807, 2.05) is 6.08 Å². The Hall–Kier alpha value is -1.06. The Balaban J connectivity index is 1.76. The van der Waals surface area contributed by atoms with E-state index in [2.05, 4.69) is 56.8 Å². The summed E-state index contributed by atoms with van der Waals surface area (Å²) in [6, 6.07) is 0.422. The molecular formula is C21H32N2O. The Bertz CT molecular complexity index is 621. The van der Waals surface area contributed by atoms with Crippen molar-refractivity contribution in [3.63, 3.8) is 0 Å². The van der Waals surface area contributed by atoms with Crippen LogP contribution in [0.25, 0.3) is 0 Å². The highest BCUT2D eigenvalue weighted by molar-refractivity contribution is 5.36. The van der Waals surface area contributed by atoms with Crippen LogP contribution >= 0.6 is 0 Å². The van der Waals surface area contributed by atoms with Gasteiger partial charge in [0.1, 0.15) is 0 Å². The molecule has 24 heavy (non-hydrogen) atoms. The van der Waals surface area contributed by atoms with Crippen LogP contribution in [0.3, 0.4) is 0 Å². The number of fused-ring (bicyclic) bond motifs is 5. The smallest absolute Gasteiger partial charge is 0.0758 e. The second-order valence-electron chi connectivity index (χ2n) is 8.77. The number of hydrogen-bond acceptors (Lipinski definition) is 3. The van der Waals surface area contributed by atoms with Crippen LogP contribution in [0.1, 0.15) is 39.5 Å². The number of hydrogen-bond donors (Lipinski definition) is 3. The molecule has 0 unspecified atom stereocenters. The lowest BCUT2D eigenvalue weighted by molar-refractivity contribution is -0.0115. The molecule has 4 aliphatic carbocycles. The highest BCUT2D eigenvalue weighted by Gasteiger charge is 2.58. The molecule has 0 aromatic carbocycles. The van der Waals surface area contributed by atoms with Gasteiger partial charge in [0.25, 0.3) is 0 Å². The maximum atomic E-state index is 10.1. The molecule has 4 rings (SSSR count). The van der Waals surface area contributed by atoms with Crippen LogP contribution in [-0.4, -0.2) is 31.3 Å². The van der Waals surface area contributed by atoms with Crippen LogP contribution in [-0.2, 0) is 0 Å². The molecule has 1 saturated carbocycles. The summed E-state index contributed by atoms with van der Waals surface area (Å²) in [5.74, 6) is 2.02. The standard InChI is InChI=1S/C21H32N2O/c1-20-9-7-14(24)11-13(20)12-17(22-3)19-15-5-6-18(23-4)21(15,2)10-8-16(19)20/h6-7,9,12,14-17,19,22-24H,5,8,10-11H2,1-4H3/t14-,15-,16-,17-,19-,20-,21-/m0/s1. The molecule has 0 amide bonds. The average molecular weight is 329 g/mol. The van der Waals surface area contributed by atoms with Crippen molar-refractivity contribution in [3.8, 4) is 0 Å². The van der Waals surface area contributed by atoms with Crippen LogP contribution in [0, 0.1) is 28.6 Å². The van der Waals surface area contributed by atoms with Crippen molar-refractivity contribution in [3.05, 3.63) is 35.6 Å². The number of nitrogens with one attached hydrogen (secondary N) is 2. The summed E-state index contributed by atoms with van der Waals surface area (Å²) in [6.07, 6.45) is 13.5. The first kappa shape index (κ1) is 16.4. The minimum Gasteiger partial charge on any atom is -0.391 e. The van der Waals surface area contributed by atoms with Crippen molar-refractivity contribution in [2.75, 3.05) is 14.1 Å². The van der Waals surface area contributed by atoms with Crippen molar-refractivity contribution in [2.45, 2.75) is 51.7 Å². The van der Waals surface area contributed by atoms with Crippen molar-refractivity contribution >= 4 is 0 Å². The monoisotopic (exact) mass is 328 g/mol. The number of rotatable bonds is 2. The summed E-state index contributed by atoms with van der Waals surface area (Å²) in [4.78, 5) is 0. The third kappa shape index (κ3) is 2.04. The molecule has 7 atom stereocenters. The summed E-state index contributed by atoms with van der Waals surface area (Å²) in [6.45, 7) is 4.88. The second kappa shape index (κ2) is 5.47. The largest absolute Gasteiger partial charge is 0.391 e. The quantitative estimate of drug-likeness (QED) is 0.683. The first-order valence-corrected chi connectivity index (χ1v) is 9.58. The number of aliphatic hydroxyl groups excluding tert-OH is 1. The summed E-state index contributed by atoms with van der Waals surface area (Å²) in [5.41, 5.74) is 3.32. The van der Waals surface area contributed by atoms with Crippen molar-refractivity contribution in [1.29, 1.82) is 0 Å². The van der Waals surface area contributed by atoms with Crippen molar-refractivity contribution in [1.82, 2.24) is 10.6 Å². The zero-order valence-electron chi connectivity index (χ0n) is 15.5. The number of aliphatic hydroxyl groups is 1. The molecule has 1 fully saturated rings. The molecule has 3 N–H and O–H groups in total. The van der Waals surface area contributed by atoms with E-state index in [4.69, 9.17) is 0 Å². The molecule has 132 valence electrons. The molecule has 0 aromatic heterocycles. The van der Waals surface area contributed by atoms with Gasteiger partial charge in [0.2, 0.25) is 0 Å². The Kier molecular flexibility index (Phi) is 3.74. The summed E-state index contributed by atoms with van der Waals surface area (Å²) in [5, 5.41) is 17.2. The topological polar surface area (TPSA) is 44.3 Å². The van der Waals surface area contributed by atoms with Gasteiger partial charge in [0, 0.05) is 29.6 Å². The van der Waals surface area contributed by atoms with Crippen LogP contribution < -0.4 is 10.6 Å². The van der Waals surface area contributed by atoms with Crippen LogP contribution in [0.2, 0.25) is 0 Å². The minimum atomic E-state index is -0.309. The lowest BCUT2D eigenvalue weighted by Crippen LogP contribution is -2.56. The SMILES string of the molecule is CNC1=CC[C@H]2[C@@H]3[C@@H](NC)C=C4C[C@@H](O)C=C[C@]4(C)[C@H]3CC[C@]12C. The van der Waals surface area contributed by atoms with Gasteiger partial charge in [-0.15, -0.1) is 0 Å². The number of likely N-dealkylation sites (N-methyl/N-ethyl adjacent to an activating group) is 1. The van der Waals surface area contributed by atoms with Crippen molar-refractivity contribution in [2.24, 2.45) is 28.6 Å². The predicted octanol–water partition coefficient (Wildman–Crippen LogP) is 3.00. The van der Waals surface area contributed by atoms with E-state index in [-0.39, 0.29) is 11.5 Å². The lowest BCUT2D eigenvalue weighted by Gasteiger charge is -2.58. The zero-order chi connectivity index (χ0) is 17.1. The molecule has 0 heterocycles. The normalized spacial score (nSPS) is 49.6. The second-order valence-corrected chi connectivity index (χ2v) is 8.77. The number of allylic oxidation sites excluding steroid dienone is 3. The maximum Gasteiger partial charge on any atom is 0.0758 e. The van der Waals surface area contributed by atoms with Gasteiger partial charge in [-0.3, -0.25) is 0 Å². The molecule has 0 radical (unpaired) electrons. The Morgan fingerprint density at radius 1 is 1.21 bits per heavy atom. The minimum absolute atomic E-state index is 0.126. The first-order chi connectivity index (χ1) is 11.4. The van der Waals surface area contributed by atoms with E-state index in [1.54, 1.807) is 0 Å². The summed E-state index contributed by atoms with van der Waals surface area (Å²) >= 11 is 0. The molecule has 0 aliphatic heterocycles. The highest BCUT2D eigenvalue weighted by atomic mass is 16.3. The Labute approximate surface area is 146 Å². The van der Waals surface area contributed by atoms with E-state index >= 15 is 0 Å². The molecule has 0 bridgehead atoms. The summed E-state index contributed by atoms with van der Waals surface area (Å²) < 4.78 is 0. The van der Waals surface area contributed by atoms with Gasteiger partial charge in [-0.25, -0.2) is 0 Å². The average Bonchev–Trinajstić information content (AvgIpc) is 2.91. The van der Waals surface area contributed by atoms with E-state index < -0.39 is 0 Å². The van der Waals surface area contributed by atoms with Crippen LogP contribution in [0.5, 0.6) is 0 Å². The van der Waals surface area contributed by atoms with Gasteiger partial charge in [0.15, 0.2) is 0 Å². The van der Waals surface area contributed by atoms with Gasteiger partial charge in [-0.05, 0) is 50.5 Å². The van der Waals surface area contributed by atoms with Crippen molar-refractivity contribution < 1.29 is 5.11 Å². The Morgan fingerprint density at radius 3 is 2.71 bits per heavy atom. The van der Waals surface area contributed by atoms with E-state index in [0.717, 1.165) is 6.42 Å².